The maximum Gasteiger partial charge on any atom is 0.201 e. The molecule has 1 N–H and O–H groups in total. The van der Waals surface area contributed by atoms with Gasteiger partial charge in [-0.2, -0.15) is 0 Å². The van der Waals surface area contributed by atoms with Gasteiger partial charge in [-0.15, -0.1) is 11.3 Å². The minimum atomic E-state index is -0.894. The van der Waals surface area contributed by atoms with E-state index in [0.717, 1.165) is 12.8 Å². The van der Waals surface area contributed by atoms with Gasteiger partial charge in [0.2, 0.25) is 5.78 Å². The molecule has 1 atom stereocenters. The lowest BCUT2D eigenvalue weighted by molar-refractivity contribution is 0.0592. The van der Waals surface area contributed by atoms with Gasteiger partial charge in [-0.05, 0) is 18.1 Å². The highest BCUT2D eigenvalue weighted by Gasteiger charge is 2.25. The van der Waals surface area contributed by atoms with E-state index in [1.54, 1.807) is 12.1 Å². The summed E-state index contributed by atoms with van der Waals surface area (Å²) in [6.45, 7) is 3.96. The number of aliphatic hydroxyl groups excluding tert-OH is 1. The van der Waals surface area contributed by atoms with Crippen molar-refractivity contribution in [1.29, 1.82) is 0 Å². The van der Waals surface area contributed by atoms with E-state index in [1.807, 2.05) is 13.8 Å². The first-order chi connectivity index (χ1) is 7.10. The van der Waals surface area contributed by atoms with E-state index in [2.05, 4.69) is 0 Å². The van der Waals surface area contributed by atoms with Crippen LogP contribution < -0.4 is 0 Å². The Bertz CT molecular complexity index is 331. The zero-order valence-electron chi connectivity index (χ0n) is 8.87. The summed E-state index contributed by atoms with van der Waals surface area (Å²) in [5.41, 5.74) is 0. The number of hydrogen-bond acceptors (Lipinski definition) is 3. The minimum Gasteiger partial charge on any atom is -0.385 e. The third-order valence-electron chi connectivity index (χ3n) is 2.58. The molecule has 2 nitrogen and oxygen atoms in total. The van der Waals surface area contributed by atoms with Gasteiger partial charge in [-0.25, -0.2) is 0 Å². The summed E-state index contributed by atoms with van der Waals surface area (Å²) in [7, 11) is 0. The van der Waals surface area contributed by atoms with Crippen molar-refractivity contribution in [3.05, 3.63) is 21.3 Å². The smallest absolute Gasteiger partial charge is 0.201 e. The molecule has 1 aromatic rings. The number of carbonyl (C=O) groups is 1. The van der Waals surface area contributed by atoms with Crippen molar-refractivity contribution in [3.8, 4) is 0 Å². The molecule has 1 rings (SSSR count). The molecule has 0 aromatic carbocycles. The molecule has 0 radical (unpaired) electrons. The molecule has 0 aliphatic heterocycles. The van der Waals surface area contributed by atoms with Crippen LogP contribution in [0.4, 0.5) is 0 Å². The third-order valence-corrected chi connectivity index (χ3v) is 3.83. The number of thiophene rings is 1. The molecule has 4 heteroatoms. The first-order valence-electron chi connectivity index (χ1n) is 5.07. The van der Waals surface area contributed by atoms with Crippen molar-refractivity contribution < 1.29 is 9.90 Å². The fourth-order valence-electron chi connectivity index (χ4n) is 1.54. The molecule has 0 spiro atoms. The standard InChI is InChI=1S/C11H15ClO2S/c1-3-7(4-2)10(13)11(14)8-5-6-9(12)15-8/h5-7,10,13H,3-4H2,1-2H3. The Morgan fingerprint density at radius 1 is 1.47 bits per heavy atom. The molecular formula is C11H15ClO2S. The Morgan fingerprint density at radius 2 is 2.07 bits per heavy atom. The summed E-state index contributed by atoms with van der Waals surface area (Å²) in [6.07, 6.45) is 0.722. The molecule has 84 valence electrons. The summed E-state index contributed by atoms with van der Waals surface area (Å²) < 4.78 is 0.579. The summed E-state index contributed by atoms with van der Waals surface area (Å²) in [5.74, 6) is -0.168. The zero-order chi connectivity index (χ0) is 11.4. The van der Waals surface area contributed by atoms with Gasteiger partial charge in [0.15, 0.2) is 0 Å². The van der Waals surface area contributed by atoms with Crippen LogP contribution in [0.25, 0.3) is 0 Å². The summed E-state index contributed by atoms with van der Waals surface area (Å²) in [5, 5.41) is 9.85. The highest BCUT2D eigenvalue weighted by molar-refractivity contribution is 7.18. The number of rotatable bonds is 5. The molecule has 0 saturated heterocycles. The van der Waals surface area contributed by atoms with E-state index < -0.39 is 6.10 Å². The maximum atomic E-state index is 11.8. The molecule has 15 heavy (non-hydrogen) atoms. The SMILES string of the molecule is CCC(CC)C(O)C(=O)c1ccc(Cl)s1. The van der Waals surface area contributed by atoms with Crippen LogP contribution in [0.1, 0.15) is 36.4 Å². The van der Waals surface area contributed by atoms with Gasteiger partial charge >= 0.3 is 0 Å². The van der Waals surface area contributed by atoms with Gasteiger partial charge in [0.1, 0.15) is 6.10 Å². The van der Waals surface area contributed by atoms with E-state index in [0.29, 0.717) is 9.21 Å². The van der Waals surface area contributed by atoms with Crippen molar-refractivity contribution in [2.24, 2.45) is 5.92 Å². The number of carbonyl (C=O) groups excluding carboxylic acids is 1. The maximum absolute atomic E-state index is 11.8. The first-order valence-corrected chi connectivity index (χ1v) is 6.27. The summed E-state index contributed by atoms with van der Waals surface area (Å²) >= 11 is 6.96. The van der Waals surface area contributed by atoms with Gasteiger partial charge in [0.05, 0.1) is 9.21 Å². The summed E-state index contributed by atoms with van der Waals surface area (Å²) in [4.78, 5) is 12.4. The molecular weight excluding hydrogens is 232 g/mol. The van der Waals surface area contributed by atoms with Crippen LogP contribution in [0, 0.1) is 5.92 Å². The molecule has 0 bridgehead atoms. The lowest BCUT2D eigenvalue weighted by Gasteiger charge is -2.17. The Balaban J connectivity index is 2.76. The van der Waals surface area contributed by atoms with Gasteiger partial charge in [-0.1, -0.05) is 38.3 Å². The Kier molecular flexibility index (Phi) is 4.77. The minimum absolute atomic E-state index is 0.0402. The quantitative estimate of drug-likeness (QED) is 0.809. The van der Waals surface area contributed by atoms with Crippen molar-refractivity contribution in [1.82, 2.24) is 0 Å². The topological polar surface area (TPSA) is 37.3 Å². The zero-order valence-corrected chi connectivity index (χ0v) is 10.4. The van der Waals surface area contributed by atoms with Crippen molar-refractivity contribution in [2.75, 3.05) is 0 Å². The number of hydrogen-bond donors (Lipinski definition) is 1. The number of Topliss-reactive ketones (excluding diaryl/α,β-unsaturated/α-hetero) is 1. The molecule has 0 aliphatic rings. The fraction of sp³-hybridized carbons (Fsp3) is 0.545. The lowest BCUT2D eigenvalue weighted by atomic mass is 9.93. The Labute approximate surface area is 98.9 Å². The first kappa shape index (κ1) is 12.7. The lowest BCUT2D eigenvalue weighted by Crippen LogP contribution is -2.28. The van der Waals surface area contributed by atoms with Gasteiger partial charge < -0.3 is 5.11 Å². The monoisotopic (exact) mass is 246 g/mol. The van der Waals surface area contributed by atoms with E-state index in [1.165, 1.54) is 11.3 Å². The van der Waals surface area contributed by atoms with Crippen LogP contribution in [-0.2, 0) is 0 Å². The third kappa shape index (κ3) is 3.03. The number of ketones is 1. The van der Waals surface area contributed by atoms with Gasteiger partial charge in [0.25, 0.3) is 0 Å². The summed E-state index contributed by atoms with van der Waals surface area (Å²) in [6, 6.07) is 3.35. The highest BCUT2D eigenvalue weighted by Crippen LogP contribution is 2.25. The molecule has 0 saturated carbocycles. The fourth-order valence-corrected chi connectivity index (χ4v) is 2.56. The predicted molar refractivity (Wildman–Crippen MR) is 63.7 cm³/mol. The van der Waals surface area contributed by atoms with Crippen molar-refractivity contribution in [2.45, 2.75) is 32.8 Å². The van der Waals surface area contributed by atoms with Crippen LogP contribution in [0.2, 0.25) is 4.34 Å². The molecule has 1 heterocycles. The highest BCUT2D eigenvalue weighted by atomic mass is 35.5. The van der Waals surface area contributed by atoms with Crippen LogP contribution in [0.3, 0.4) is 0 Å². The largest absolute Gasteiger partial charge is 0.385 e. The van der Waals surface area contributed by atoms with E-state index in [9.17, 15) is 9.90 Å². The predicted octanol–water partition coefficient (Wildman–Crippen LogP) is 3.38. The van der Waals surface area contributed by atoms with E-state index >= 15 is 0 Å². The second kappa shape index (κ2) is 5.64. The Hall–Kier alpha value is -0.380. The number of halogens is 1. The molecule has 0 amide bonds. The van der Waals surface area contributed by atoms with Gasteiger partial charge in [0, 0.05) is 0 Å². The molecule has 1 unspecified atom stereocenters. The second-order valence-electron chi connectivity index (χ2n) is 3.49. The van der Waals surface area contributed by atoms with Crippen molar-refractivity contribution in [3.63, 3.8) is 0 Å². The van der Waals surface area contributed by atoms with Crippen LogP contribution in [0.15, 0.2) is 12.1 Å². The molecule has 0 aliphatic carbocycles. The Morgan fingerprint density at radius 3 is 2.47 bits per heavy atom. The van der Waals surface area contributed by atoms with Crippen molar-refractivity contribution >= 4 is 28.7 Å². The molecule has 0 fully saturated rings. The average Bonchev–Trinajstić information content (AvgIpc) is 2.65. The van der Waals surface area contributed by atoms with Gasteiger partial charge in [-0.3, -0.25) is 4.79 Å². The average molecular weight is 247 g/mol. The van der Waals surface area contributed by atoms with Crippen LogP contribution in [0.5, 0.6) is 0 Å². The van der Waals surface area contributed by atoms with E-state index in [4.69, 9.17) is 11.6 Å². The normalized spacial score (nSPS) is 13.1. The second-order valence-corrected chi connectivity index (χ2v) is 5.20. The van der Waals surface area contributed by atoms with Crippen LogP contribution in [-0.4, -0.2) is 17.0 Å². The van der Waals surface area contributed by atoms with E-state index in [-0.39, 0.29) is 11.7 Å². The number of aliphatic hydroxyl groups is 1. The van der Waals surface area contributed by atoms with Crippen LogP contribution >= 0.6 is 22.9 Å². The molecule has 1 aromatic heterocycles.